The molecule has 0 bridgehead atoms. The minimum Gasteiger partial charge on any atom is -0.370 e. The monoisotopic (exact) mass is 400 g/mol. The fraction of sp³-hybridized carbons (Fsp3) is 0.562. The van der Waals surface area contributed by atoms with E-state index in [-0.39, 0.29) is 24.0 Å². The van der Waals surface area contributed by atoms with Gasteiger partial charge in [-0.05, 0) is 62.4 Å². The van der Waals surface area contributed by atoms with Gasteiger partial charge in [0.25, 0.3) is 0 Å². The summed E-state index contributed by atoms with van der Waals surface area (Å²) in [6.45, 7) is 1.74. The van der Waals surface area contributed by atoms with Gasteiger partial charge in [0.1, 0.15) is 0 Å². The van der Waals surface area contributed by atoms with Crippen molar-refractivity contribution in [3.8, 4) is 0 Å². The average molecular weight is 400 g/mol. The minimum absolute atomic E-state index is 0. The Bertz CT molecular complexity index is 511. The van der Waals surface area contributed by atoms with Gasteiger partial charge in [-0.3, -0.25) is 4.99 Å². The number of likely N-dealkylation sites (N-methyl/N-ethyl adjacent to an activating group) is 1. The minimum atomic E-state index is 0. The van der Waals surface area contributed by atoms with Crippen LogP contribution in [-0.4, -0.2) is 37.0 Å². The largest absolute Gasteiger partial charge is 0.370 e. The van der Waals surface area contributed by atoms with Gasteiger partial charge in [0.15, 0.2) is 5.96 Å². The molecule has 0 amide bonds. The molecule has 0 unspecified atom stereocenters. The van der Waals surface area contributed by atoms with Crippen LogP contribution in [0.15, 0.2) is 23.2 Å². The van der Waals surface area contributed by atoms with Crippen molar-refractivity contribution in [3.63, 3.8) is 0 Å². The molecule has 0 radical (unpaired) electrons. The van der Waals surface area contributed by atoms with Crippen LogP contribution < -0.4 is 11.1 Å². The van der Waals surface area contributed by atoms with Crippen molar-refractivity contribution in [2.45, 2.75) is 38.1 Å². The molecule has 21 heavy (non-hydrogen) atoms. The second-order valence-corrected chi connectivity index (χ2v) is 5.94. The van der Waals surface area contributed by atoms with Crippen LogP contribution in [0.5, 0.6) is 0 Å². The molecule has 0 saturated heterocycles. The van der Waals surface area contributed by atoms with Crippen molar-refractivity contribution in [2.24, 2.45) is 10.7 Å². The molecule has 0 aromatic heterocycles. The zero-order valence-corrected chi connectivity index (χ0v) is 15.0. The summed E-state index contributed by atoms with van der Waals surface area (Å²) in [5, 5.41) is 3.20. The average Bonchev–Trinajstić information content (AvgIpc) is 3.17. The Labute approximate surface area is 144 Å². The number of nitrogens with zero attached hydrogens (tertiary/aromatic N) is 2. The Morgan fingerprint density at radius 3 is 2.86 bits per heavy atom. The van der Waals surface area contributed by atoms with E-state index in [0.29, 0.717) is 5.96 Å². The van der Waals surface area contributed by atoms with E-state index in [2.05, 4.69) is 40.5 Å². The molecule has 4 nitrogen and oxygen atoms in total. The standard InChI is InChI=1S/C16H24N4.HI/c1-20(15-7-8-15)10-9-18-16(17)19-14-6-5-12-3-2-4-13(12)11-14;/h5-6,11,15H,2-4,7-10H2,1H3,(H3,17,18,19);1H. The van der Waals surface area contributed by atoms with Crippen molar-refractivity contribution in [2.75, 3.05) is 25.5 Å². The molecule has 3 N–H and O–H groups in total. The van der Waals surface area contributed by atoms with Crippen LogP contribution in [0.1, 0.15) is 30.4 Å². The molecule has 2 aliphatic carbocycles. The fourth-order valence-corrected chi connectivity index (χ4v) is 2.86. The molecule has 1 saturated carbocycles. The van der Waals surface area contributed by atoms with E-state index in [1.165, 1.54) is 43.2 Å². The van der Waals surface area contributed by atoms with Crippen molar-refractivity contribution in [3.05, 3.63) is 29.3 Å². The lowest BCUT2D eigenvalue weighted by atomic mass is 10.1. The molecule has 0 atom stereocenters. The van der Waals surface area contributed by atoms with Crippen molar-refractivity contribution in [1.82, 2.24) is 4.90 Å². The second-order valence-electron chi connectivity index (χ2n) is 5.94. The molecule has 0 spiro atoms. The number of fused-ring (bicyclic) bond motifs is 1. The number of rotatable bonds is 5. The number of anilines is 1. The highest BCUT2D eigenvalue weighted by molar-refractivity contribution is 14.0. The van der Waals surface area contributed by atoms with E-state index < -0.39 is 0 Å². The van der Waals surface area contributed by atoms with Crippen LogP contribution in [0.25, 0.3) is 0 Å². The predicted octanol–water partition coefficient (Wildman–Crippen LogP) is 2.61. The second kappa shape index (κ2) is 7.45. The summed E-state index contributed by atoms with van der Waals surface area (Å²) in [6, 6.07) is 7.30. The van der Waals surface area contributed by atoms with E-state index in [0.717, 1.165) is 24.8 Å². The molecular formula is C16H25IN4. The van der Waals surface area contributed by atoms with E-state index in [4.69, 9.17) is 5.73 Å². The van der Waals surface area contributed by atoms with Gasteiger partial charge in [-0.15, -0.1) is 24.0 Å². The number of nitrogens with two attached hydrogens (primary N) is 1. The van der Waals surface area contributed by atoms with Crippen LogP contribution in [0.3, 0.4) is 0 Å². The number of benzene rings is 1. The highest BCUT2D eigenvalue weighted by Gasteiger charge is 2.25. The lowest BCUT2D eigenvalue weighted by Gasteiger charge is -2.14. The molecule has 3 rings (SSSR count). The summed E-state index contributed by atoms with van der Waals surface area (Å²) in [4.78, 5) is 6.77. The molecular weight excluding hydrogens is 375 g/mol. The van der Waals surface area contributed by atoms with Gasteiger partial charge in [-0.25, -0.2) is 0 Å². The third-order valence-corrected chi connectivity index (χ3v) is 4.28. The Kier molecular flexibility index (Phi) is 5.87. The number of hydrogen-bond donors (Lipinski definition) is 2. The molecule has 0 heterocycles. The lowest BCUT2D eigenvalue weighted by molar-refractivity contribution is 0.334. The molecule has 5 heteroatoms. The lowest BCUT2D eigenvalue weighted by Crippen LogP contribution is -2.27. The summed E-state index contributed by atoms with van der Waals surface area (Å²) in [5.41, 5.74) is 9.95. The fourth-order valence-electron chi connectivity index (χ4n) is 2.86. The molecule has 1 aromatic carbocycles. The summed E-state index contributed by atoms with van der Waals surface area (Å²) < 4.78 is 0. The zero-order chi connectivity index (χ0) is 13.9. The van der Waals surface area contributed by atoms with Gasteiger partial charge in [0.2, 0.25) is 0 Å². The smallest absolute Gasteiger partial charge is 0.193 e. The van der Waals surface area contributed by atoms with E-state index in [9.17, 15) is 0 Å². The third-order valence-electron chi connectivity index (χ3n) is 4.28. The van der Waals surface area contributed by atoms with Crippen LogP contribution >= 0.6 is 24.0 Å². The molecule has 116 valence electrons. The summed E-state index contributed by atoms with van der Waals surface area (Å²) in [6.07, 6.45) is 6.35. The number of halogens is 1. The van der Waals surface area contributed by atoms with Crippen LogP contribution in [0.2, 0.25) is 0 Å². The normalized spacial score (nSPS) is 17.5. The van der Waals surface area contributed by atoms with E-state index in [1.54, 1.807) is 0 Å². The quantitative estimate of drug-likeness (QED) is 0.454. The van der Waals surface area contributed by atoms with Crippen LogP contribution in [-0.2, 0) is 12.8 Å². The maximum atomic E-state index is 5.95. The van der Waals surface area contributed by atoms with E-state index in [1.807, 2.05) is 0 Å². The summed E-state index contributed by atoms with van der Waals surface area (Å²) in [7, 11) is 2.16. The molecule has 1 fully saturated rings. The van der Waals surface area contributed by atoms with Crippen LogP contribution in [0.4, 0.5) is 5.69 Å². The molecule has 2 aliphatic rings. The van der Waals surface area contributed by atoms with Crippen molar-refractivity contribution < 1.29 is 0 Å². The Hall–Kier alpha value is -0.820. The number of aryl methyl sites for hydroxylation is 2. The van der Waals surface area contributed by atoms with Gasteiger partial charge < -0.3 is 16.0 Å². The first-order chi connectivity index (χ1) is 9.72. The van der Waals surface area contributed by atoms with Gasteiger partial charge >= 0.3 is 0 Å². The highest BCUT2D eigenvalue weighted by atomic mass is 127. The number of nitrogens with one attached hydrogen (secondary N) is 1. The number of aliphatic imine (C=N–C) groups is 1. The predicted molar refractivity (Wildman–Crippen MR) is 99.6 cm³/mol. The molecule has 1 aromatic rings. The van der Waals surface area contributed by atoms with Gasteiger partial charge in [0, 0.05) is 18.3 Å². The Balaban J connectivity index is 0.00000161. The maximum absolute atomic E-state index is 5.95. The number of hydrogen-bond acceptors (Lipinski definition) is 2. The van der Waals surface area contributed by atoms with Gasteiger partial charge in [0.05, 0.1) is 6.54 Å². The topological polar surface area (TPSA) is 53.6 Å². The van der Waals surface area contributed by atoms with Gasteiger partial charge in [-0.1, -0.05) is 6.07 Å². The maximum Gasteiger partial charge on any atom is 0.193 e. The Morgan fingerprint density at radius 1 is 1.33 bits per heavy atom. The zero-order valence-electron chi connectivity index (χ0n) is 12.6. The van der Waals surface area contributed by atoms with E-state index >= 15 is 0 Å². The third kappa shape index (κ3) is 4.57. The highest BCUT2D eigenvalue weighted by Crippen LogP contribution is 2.25. The summed E-state index contributed by atoms with van der Waals surface area (Å²) in [5.74, 6) is 0.521. The number of guanidine groups is 1. The van der Waals surface area contributed by atoms with Gasteiger partial charge in [-0.2, -0.15) is 0 Å². The Morgan fingerprint density at radius 2 is 2.10 bits per heavy atom. The SMILES string of the molecule is CN(CCN=C(N)Nc1ccc2c(c1)CCC2)C1CC1.I. The van der Waals surface area contributed by atoms with Crippen LogP contribution in [0, 0.1) is 0 Å². The van der Waals surface area contributed by atoms with Crippen molar-refractivity contribution in [1.29, 1.82) is 0 Å². The van der Waals surface area contributed by atoms with Crippen molar-refractivity contribution >= 4 is 35.6 Å². The summed E-state index contributed by atoms with van der Waals surface area (Å²) >= 11 is 0. The molecule has 0 aliphatic heterocycles. The first kappa shape index (κ1) is 16.5. The first-order valence-corrected chi connectivity index (χ1v) is 7.61. The first-order valence-electron chi connectivity index (χ1n) is 7.61.